The number of rotatable bonds is 9. The van der Waals surface area contributed by atoms with Crippen molar-refractivity contribution in [1.29, 1.82) is 0 Å². The van der Waals surface area contributed by atoms with Gasteiger partial charge in [0.05, 0.1) is 7.11 Å². The van der Waals surface area contributed by atoms with Crippen LogP contribution in [0.1, 0.15) is 28.9 Å². The molecule has 0 bridgehead atoms. The minimum Gasteiger partial charge on any atom is -0.484 e. The highest BCUT2D eigenvalue weighted by Gasteiger charge is 2.26. The first-order chi connectivity index (χ1) is 16.2. The summed E-state index contributed by atoms with van der Waals surface area (Å²) in [5.41, 5.74) is 7.38. The molecule has 0 atom stereocenters. The molecule has 33 heavy (non-hydrogen) atoms. The van der Waals surface area contributed by atoms with Gasteiger partial charge in [0.1, 0.15) is 17.9 Å². The molecule has 8 heteroatoms. The van der Waals surface area contributed by atoms with Gasteiger partial charge >= 0.3 is 5.97 Å². The normalized spacial score (nSPS) is 14.4. The van der Waals surface area contributed by atoms with Crippen molar-refractivity contribution in [3.8, 4) is 5.75 Å². The highest BCUT2D eigenvalue weighted by atomic mass is 16.5. The molecule has 0 amide bonds. The third kappa shape index (κ3) is 5.40. The van der Waals surface area contributed by atoms with Crippen LogP contribution >= 0.6 is 0 Å². The molecule has 1 aliphatic heterocycles. The van der Waals surface area contributed by atoms with Gasteiger partial charge in [-0.3, -0.25) is 9.88 Å². The van der Waals surface area contributed by atoms with Crippen LogP contribution in [0.25, 0.3) is 10.9 Å². The van der Waals surface area contributed by atoms with E-state index in [1.807, 2.05) is 42.5 Å². The molecular formula is C25H31N5O3. The fraction of sp³-hybridized carbons (Fsp3) is 0.400. The maximum Gasteiger partial charge on any atom is 0.360 e. The van der Waals surface area contributed by atoms with Crippen molar-refractivity contribution in [2.24, 2.45) is 5.73 Å². The van der Waals surface area contributed by atoms with Crippen LogP contribution in [0.15, 0.2) is 48.7 Å². The molecule has 1 aliphatic rings. The Kier molecular flexibility index (Phi) is 7.70. The number of anilines is 1. The Morgan fingerprint density at radius 2 is 1.85 bits per heavy atom. The second-order valence-electron chi connectivity index (χ2n) is 8.10. The molecular weight excluding hydrogens is 418 g/mol. The van der Waals surface area contributed by atoms with E-state index in [1.54, 1.807) is 6.20 Å². The molecule has 0 unspecified atom stereocenters. The van der Waals surface area contributed by atoms with Gasteiger partial charge < -0.3 is 20.1 Å². The fourth-order valence-electron chi connectivity index (χ4n) is 4.10. The van der Waals surface area contributed by atoms with Gasteiger partial charge in [0.25, 0.3) is 0 Å². The molecule has 3 aromatic rings. The number of nitrogens with zero attached hydrogens (tertiary/aromatic N) is 4. The smallest absolute Gasteiger partial charge is 0.360 e. The lowest BCUT2D eigenvalue weighted by atomic mass is 10.1. The maximum absolute atomic E-state index is 12.7. The van der Waals surface area contributed by atoms with Crippen LogP contribution in [-0.2, 0) is 11.3 Å². The van der Waals surface area contributed by atoms with Crippen LogP contribution in [0.3, 0.4) is 0 Å². The Labute approximate surface area is 194 Å². The van der Waals surface area contributed by atoms with Crippen molar-refractivity contribution in [3.05, 3.63) is 59.9 Å². The van der Waals surface area contributed by atoms with E-state index in [4.69, 9.17) is 20.2 Å². The quantitative estimate of drug-likeness (QED) is 0.394. The number of ether oxygens (including phenoxy) is 2. The number of benzene rings is 1. The average molecular weight is 450 g/mol. The summed E-state index contributed by atoms with van der Waals surface area (Å²) < 4.78 is 11.2. The Bertz CT molecular complexity index is 1070. The molecule has 0 saturated carbocycles. The summed E-state index contributed by atoms with van der Waals surface area (Å²) in [6.45, 7) is 5.62. The highest BCUT2D eigenvalue weighted by molar-refractivity contribution is 6.02. The molecule has 0 radical (unpaired) electrons. The van der Waals surface area contributed by atoms with Crippen molar-refractivity contribution in [1.82, 2.24) is 14.9 Å². The molecule has 1 saturated heterocycles. The van der Waals surface area contributed by atoms with Crippen LogP contribution in [0.4, 0.5) is 5.82 Å². The summed E-state index contributed by atoms with van der Waals surface area (Å²) in [6.07, 6.45) is 3.87. The second kappa shape index (κ2) is 11.1. The summed E-state index contributed by atoms with van der Waals surface area (Å²) in [6, 6.07) is 13.7. The molecule has 3 heterocycles. The first kappa shape index (κ1) is 22.9. The summed E-state index contributed by atoms with van der Waals surface area (Å²) in [5.74, 6) is 0.560. The zero-order valence-corrected chi connectivity index (χ0v) is 19.1. The third-order valence-electron chi connectivity index (χ3n) is 5.90. The standard InChI is InChI=1S/C25H31N5O3/c1-32-25(31)22-23(33-18-19-8-3-2-4-9-19)21-20(10-7-12-27-21)24(28-22)30-16-14-29(15-17-30)13-6-5-11-26/h2-4,7-10,12H,5-6,11,13-18,26H2,1H3. The highest BCUT2D eigenvalue weighted by Crippen LogP contribution is 2.34. The number of aromatic nitrogens is 2. The van der Waals surface area contributed by atoms with Gasteiger partial charge in [0.15, 0.2) is 11.4 Å². The number of pyridine rings is 2. The number of methoxy groups -OCH3 is 1. The first-order valence-corrected chi connectivity index (χ1v) is 11.4. The molecule has 1 fully saturated rings. The Morgan fingerprint density at radius 1 is 1.06 bits per heavy atom. The number of hydrogen-bond acceptors (Lipinski definition) is 8. The SMILES string of the molecule is COC(=O)c1nc(N2CCN(CCCCN)CC2)c2cccnc2c1OCc1ccccc1. The predicted molar refractivity (Wildman–Crippen MR) is 129 cm³/mol. The van der Waals surface area contributed by atoms with E-state index >= 15 is 0 Å². The average Bonchev–Trinajstić information content (AvgIpc) is 2.87. The van der Waals surface area contributed by atoms with Crippen LogP contribution in [-0.4, -0.2) is 67.2 Å². The number of fused-ring (bicyclic) bond motifs is 1. The van der Waals surface area contributed by atoms with E-state index in [0.29, 0.717) is 17.9 Å². The number of unbranched alkanes of at least 4 members (excludes halogenated alkanes) is 1. The zero-order valence-electron chi connectivity index (χ0n) is 19.1. The van der Waals surface area contributed by atoms with Crippen LogP contribution in [0.2, 0.25) is 0 Å². The van der Waals surface area contributed by atoms with E-state index in [1.165, 1.54) is 7.11 Å². The van der Waals surface area contributed by atoms with Crippen molar-refractivity contribution in [2.75, 3.05) is 51.3 Å². The number of hydrogen-bond donors (Lipinski definition) is 1. The lowest BCUT2D eigenvalue weighted by molar-refractivity contribution is 0.0589. The molecule has 174 valence electrons. The predicted octanol–water partition coefficient (Wildman–Crippen LogP) is 2.86. The Balaban J connectivity index is 1.64. The first-order valence-electron chi connectivity index (χ1n) is 11.4. The van der Waals surface area contributed by atoms with Gasteiger partial charge in [-0.1, -0.05) is 30.3 Å². The molecule has 0 aliphatic carbocycles. The van der Waals surface area contributed by atoms with Gasteiger partial charge in [0.2, 0.25) is 0 Å². The molecule has 0 spiro atoms. The number of carbonyl (C=O) groups excluding carboxylic acids is 1. The van der Waals surface area contributed by atoms with E-state index < -0.39 is 5.97 Å². The number of esters is 1. The van der Waals surface area contributed by atoms with E-state index in [2.05, 4.69) is 14.8 Å². The van der Waals surface area contributed by atoms with E-state index in [9.17, 15) is 4.79 Å². The van der Waals surface area contributed by atoms with Crippen LogP contribution < -0.4 is 15.4 Å². The lowest BCUT2D eigenvalue weighted by Gasteiger charge is -2.36. The summed E-state index contributed by atoms with van der Waals surface area (Å²) in [5, 5.41) is 0.866. The monoisotopic (exact) mass is 449 g/mol. The van der Waals surface area contributed by atoms with Crippen molar-refractivity contribution >= 4 is 22.7 Å². The van der Waals surface area contributed by atoms with Gasteiger partial charge in [-0.05, 0) is 43.6 Å². The van der Waals surface area contributed by atoms with Crippen LogP contribution in [0, 0.1) is 0 Å². The van der Waals surface area contributed by atoms with Crippen molar-refractivity contribution in [3.63, 3.8) is 0 Å². The number of nitrogens with two attached hydrogens (primary N) is 1. The molecule has 2 N–H and O–H groups in total. The maximum atomic E-state index is 12.7. The summed E-state index contributed by atoms with van der Waals surface area (Å²) >= 11 is 0. The largest absolute Gasteiger partial charge is 0.484 e. The minimum atomic E-state index is -0.535. The van der Waals surface area contributed by atoms with Crippen molar-refractivity contribution < 1.29 is 14.3 Å². The molecule has 4 rings (SSSR count). The second-order valence-corrected chi connectivity index (χ2v) is 8.10. The van der Waals surface area contributed by atoms with Gasteiger partial charge in [-0.15, -0.1) is 0 Å². The third-order valence-corrected chi connectivity index (χ3v) is 5.90. The Hall–Kier alpha value is -3.23. The molecule has 1 aromatic carbocycles. The van der Waals surface area contributed by atoms with Gasteiger partial charge in [-0.25, -0.2) is 9.78 Å². The minimum absolute atomic E-state index is 0.153. The molecule has 2 aromatic heterocycles. The van der Waals surface area contributed by atoms with E-state index in [0.717, 1.165) is 68.9 Å². The summed E-state index contributed by atoms with van der Waals surface area (Å²) in [4.78, 5) is 26.7. The Morgan fingerprint density at radius 3 is 2.58 bits per heavy atom. The lowest BCUT2D eigenvalue weighted by Crippen LogP contribution is -2.47. The molecule has 8 nitrogen and oxygen atoms in total. The van der Waals surface area contributed by atoms with Gasteiger partial charge in [-0.2, -0.15) is 0 Å². The van der Waals surface area contributed by atoms with Gasteiger partial charge in [0, 0.05) is 37.8 Å². The summed E-state index contributed by atoms with van der Waals surface area (Å²) in [7, 11) is 1.35. The number of carbonyl (C=O) groups is 1. The van der Waals surface area contributed by atoms with E-state index in [-0.39, 0.29) is 5.69 Å². The topological polar surface area (TPSA) is 93.8 Å². The fourth-order valence-corrected chi connectivity index (χ4v) is 4.10. The van der Waals surface area contributed by atoms with Crippen molar-refractivity contribution in [2.45, 2.75) is 19.4 Å². The zero-order chi connectivity index (χ0) is 23.0. The van der Waals surface area contributed by atoms with Crippen LogP contribution in [0.5, 0.6) is 5.75 Å². The number of piperazine rings is 1.